The summed E-state index contributed by atoms with van der Waals surface area (Å²) in [5, 5.41) is 63.2. The summed E-state index contributed by atoms with van der Waals surface area (Å²) in [5.41, 5.74) is 20.6. The molecule has 0 radical (unpaired) electrons. The van der Waals surface area contributed by atoms with Crippen molar-refractivity contribution in [1.29, 1.82) is 10.5 Å². The van der Waals surface area contributed by atoms with Crippen LogP contribution in [0.4, 0.5) is 40.6 Å². The number of methoxy groups -OCH3 is 2. The molecule has 6 fully saturated rings. The number of anilines is 7. The number of Topliss-reactive ketones (excluding diaryl/α,β-unsaturated/α-hetero) is 1. The van der Waals surface area contributed by atoms with E-state index < -0.39 is 11.9 Å². The van der Waals surface area contributed by atoms with E-state index in [4.69, 9.17) is 94.6 Å². The zero-order valence-corrected chi connectivity index (χ0v) is 86.7. The molecule has 0 spiro atoms. The summed E-state index contributed by atoms with van der Waals surface area (Å²) < 4.78 is 17.1. The third kappa shape index (κ3) is 34.3. The Bertz CT molecular complexity index is 5720. The standard InChI is InChI=1S/C23H21ClN6O.C18H16ClN5O2.C17H14ClN5O2.C12H8Cl2N2O2.C6H9N3.C5H8N2.C2H6.CH2O3.3CH4.2Cs.Li.2H2O.H/c24-19-12-26-22(28-17-11-27-30(13-17)18-5-6-18)29-21(19)16-3-1-15(2-4-16)20(31)7-8-23(14-25)9-10-23;1-26-17(25)12-4-2-11(3-5-12)16-15(19)9-20-18(23-16)22-13-8-21-24(10-13)14-6-7-14;18-14-8-19-17(21-12-7-20-23(9-12)13-5-6-13)22-15(14)10-1-3-11(4-2-10)16(24)25;1-18-11(17)8-4-2-7(3-5-8)10-9(13)6-15-12(14)16-10;7-5-3-8-9(4-5)6-1-2-6;6-3-5(4-7)1-2-5;1-2;2-1-4-3;;;;;;;;;/h1-4,11-13,18H,5-10H2,(H,26,28,29);2-5,8-10,14H,6-7H2,1H3,(H,20,22,23);1-4,7-9,13H,5-6H2,(H,24,25)(H,19,21,22);2-6H,1H3;3-4,6H,1-2,7H2;1-3,6H2;1-2H3;1,3H;3*1H4;;;;2*1H2;/q;;;;;;;;;;;3*+1;;;-1/p-2. The van der Waals surface area contributed by atoms with Crippen molar-refractivity contribution in [2.45, 2.75) is 150 Å². The number of carboxylic acids is 1. The van der Waals surface area contributed by atoms with Crippen molar-refractivity contribution >= 4 is 129 Å². The number of carbonyl (C=O) groups is 5. The number of hydrogen-bond donors (Lipinski definition) is 6. The van der Waals surface area contributed by atoms with Crippen LogP contribution in [-0.2, 0) is 19.2 Å². The van der Waals surface area contributed by atoms with E-state index in [0.717, 1.165) is 78.0 Å². The minimum atomic E-state index is -0.977. The van der Waals surface area contributed by atoms with Crippen LogP contribution >= 0.6 is 58.0 Å². The van der Waals surface area contributed by atoms with Gasteiger partial charge in [0.25, 0.3) is 6.47 Å². The second-order valence-electron chi connectivity index (χ2n) is 28.4. The molecule has 6 aliphatic rings. The predicted molar refractivity (Wildman–Crippen MR) is 483 cm³/mol. The SMILES string of the molecule is C.C.C.CC.COC(=O)c1ccc(-c2nc(Cl)ncc2Cl)cc1.COC(=O)c1ccc(-c2nc(Nc3cnn(C4CC4)c3)ncc2Cl)cc1.N#CC1(CCC(=O)c2ccc(-c3nc(Nc4cnn(C5CC5)c4)ncc3Cl)cc2)CC1.N#CC1(CN)CC1.Nc1cnn(C2CC2)c1.O.O=C(O)c1ccc(-c2nc(Nc3cnn(C4CC4)c3)ncc2Cl)cc1.O=CO[O-].[Cs+].[Cs+].[H-].[Li+].[OH-]. The number of ketones is 1. The summed E-state index contributed by atoms with van der Waals surface area (Å²) in [6, 6.07) is 33.9. The van der Waals surface area contributed by atoms with Gasteiger partial charge in [-0.2, -0.15) is 30.9 Å². The van der Waals surface area contributed by atoms with E-state index in [1.165, 1.54) is 77.3 Å². The van der Waals surface area contributed by atoms with Gasteiger partial charge in [0.05, 0.1) is 193 Å². The summed E-state index contributed by atoms with van der Waals surface area (Å²) in [5.74, 6) is -0.448. The van der Waals surface area contributed by atoms with E-state index >= 15 is 0 Å². The van der Waals surface area contributed by atoms with Crippen molar-refractivity contribution in [3.8, 4) is 57.2 Å². The Balaban J connectivity index is 0.000000540. The first-order valence-corrected chi connectivity index (χ1v) is 40.5. The molecule has 0 amide bonds. The van der Waals surface area contributed by atoms with Crippen molar-refractivity contribution in [3.05, 3.63) is 219 Å². The van der Waals surface area contributed by atoms with Crippen LogP contribution in [0.25, 0.3) is 45.0 Å². The first-order valence-electron chi connectivity index (χ1n) is 38.6. The van der Waals surface area contributed by atoms with Gasteiger partial charge in [-0.3, -0.25) is 28.3 Å². The van der Waals surface area contributed by atoms with Gasteiger partial charge in [0.2, 0.25) is 23.1 Å². The Morgan fingerprint density at radius 3 is 1.06 bits per heavy atom. The van der Waals surface area contributed by atoms with Gasteiger partial charge in [-0.15, -0.1) is 0 Å². The van der Waals surface area contributed by atoms with Gasteiger partial charge in [0.1, 0.15) is 0 Å². The molecule has 8 aromatic heterocycles. The molecule has 11 N–H and O–H groups in total. The van der Waals surface area contributed by atoms with E-state index in [1.807, 2.05) is 69.5 Å². The largest absolute Gasteiger partial charge is 1.00 e. The minimum Gasteiger partial charge on any atom is -1.00 e. The molecule has 0 atom stereocenters. The predicted octanol–water partition coefficient (Wildman–Crippen LogP) is 8.75. The van der Waals surface area contributed by atoms with Gasteiger partial charge in [0.15, 0.2) is 5.78 Å². The number of benzene rings is 4. The summed E-state index contributed by atoms with van der Waals surface area (Å²) in [4.78, 5) is 91.5. The summed E-state index contributed by atoms with van der Waals surface area (Å²) >= 11 is 30.5. The second-order valence-corrected chi connectivity index (χ2v) is 30.4. The number of nitrogen functional groups attached to an aromatic ring is 1. The van der Waals surface area contributed by atoms with Gasteiger partial charge >= 0.3 is 175 Å². The molecule has 130 heavy (non-hydrogen) atoms. The number of ether oxygens (including phenoxy) is 2. The van der Waals surface area contributed by atoms with Crippen LogP contribution < -0.4 is 189 Å². The Hall–Kier alpha value is -8.24. The van der Waals surface area contributed by atoms with Crippen molar-refractivity contribution < 1.29 is 218 Å². The number of nitriles is 2. The monoisotopic (exact) mass is 2110 g/mol. The third-order valence-corrected chi connectivity index (χ3v) is 20.6. The smallest absolute Gasteiger partial charge is 1.00 e. The number of nitrogens with two attached hydrogens (primary N) is 2. The van der Waals surface area contributed by atoms with Crippen molar-refractivity contribution in [2.75, 3.05) is 42.4 Å². The maximum atomic E-state index is 12.5. The molecular weight excluding hydrogens is 2010 g/mol. The van der Waals surface area contributed by atoms with Crippen molar-refractivity contribution in [3.63, 3.8) is 0 Å². The number of aromatic nitrogens is 16. The quantitative estimate of drug-likeness (QED) is 0.00662. The van der Waals surface area contributed by atoms with E-state index in [1.54, 1.807) is 110 Å². The zero-order chi connectivity index (χ0) is 87.0. The topological polar surface area (TPSA) is 528 Å². The molecule has 12 aromatic rings. The van der Waals surface area contributed by atoms with Crippen LogP contribution in [0.3, 0.4) is 0 Å². The normalized spacial score (nSPS) is 13.4. The Morgan fingerprint density at radius 1 is 0.508 bits per heavy atom. The number of rotatable bonds is 23. The van der Waals surface area contributed by atoms with Crippen LogP contribution in [0.2, 0.25) is 25.4 Å². The van der Waals surface area contributed by atoms with E-state index in [0.29, 0.717) is 127 Å². The third-order valence-electron chi connectivity index (χ3n) is 19.3. The van der Waals surface area contributed by atoms with E-state index in [2.05, 4.69) is 98.0 Å². The van der Waals surface area contributed by atoms with Crippen molar-refractivity contribution in [1.82, 2.24) is 79.0 Å². The first-order chi connectivity index (χ1) is 59.0. The van der Waals surface area contributed by atoms with Gasteiger partial charge in [-0.05, 0) is 131 Å². The number of halogens is 5. The molecule has 8 heterocycles. The number of hydrogen-bond acceptors (Lipinski definition) is 29. The molecule has 35 nitrogen and oxygen atoms in total. The Morgan fingerprint density at radius 2 is 0.800 bits per heavy atom. The fourth-order valence-corrected chi connectivity index (χ4v) is 12.4. The molecule has 0 aliphatic heterocycles. The van der Waals surface area contributed by atoms with Crippen LogP contribution in [0.5, 0.6) is 0 Å². The van der Waals surface area contributed by atoms with Crippen LogP contribution in [-0.4, -0.2) is 146 Å². The van der Waals surface area contributed by atoms with Gasteiger partial charge in [-0.25, -0.2) is 54.3 Å². The zero-order valence-electron chi connectivity index (χ0n) is 71.3. The number of carboxylic acid groups (broad SMARTS) is 1. The Labute approximate surface area is 909 Å². The first kappa shape index (κ1) is 116. The number of nitrogens with one attached hydrogen (secondary N) is 3. The van der Waals surface area contributed by atoms with Crippen LogP contribution in [0.15, 0.2) is 171 Å². The molecule has 0 saturated heterocycles. The maximum absolute atomic E-state index is 12.5. The summed E-state index contributed by atoms with van der Waals surface area (Å²) in [6.45, 7) is 4.36. The van der Waals surface area contributed by atoms with Crippen molar-refractivity contribution in [2.24, 2.45) is 16.6 Å². The number of nitrogens with zero attached hydrogens (tertiary/aromatic N) is 18. The fraction of sp³-hybridized carbons (Fsp3) is 0.322. The molecule has 43 heteroatoms. The second kappa shape index (κ2) is 56.1. The minimum absolute atomic E-state index is 0. The van der Waals surface area contributed by atoms with Gasteiger partial charge in [-0.1, -0.05) is 143 Å². The number of carbonyl (C=O) groups excluding carboxylic acids is 4. The number of aromatic carboxylic acids is 1. The molecule has 0 unspecified atom stereocenters. The van der Waals surface area contributed by atoms with E-state index in [9.17, 15) is 24.4 Å². The fourth-order valence-electron chi connectivity index (χ4n) is 11.5. The molecule has 4 aromatic carbocycles. The molecule has 6 aliphatic carbocycles. The number of esters is 2. The molecule has 0 bridgehead atoms. The summed E-state index contributed by atoms with van der Waals surface area (Å²) in [7, 11) is 2.68. The average Bonchev–Trinajstić information content (AvgIpc) is 1.62. The van der Waals surface area contributed by atoms with Crippen LogP contribution in [0, 0.1) is 33.5 Å². The molecule has 672 valence electrons. The summed E-state index contributed by atoms with van der Waals surface area (Å²) in [6.07, 6.45) is 35.1. The molecular formula is C87H99Cl5Cs2LiN23O12. The average molecular weight is 2110 g/mol. The van der Waals surface area contributed by atoms with Crippen LogP contribution in [0.1, 0.15) is 193 Å². The Kier molecular flexibility index (Phi) is 50.0. The molecule has 6 saturated carbocycles. The van der Waals surface area contributed by atoms with Gasteiger partial charge in [0, 0.05) is 65.6 Å². The van der Waals surface area contributed by atoms with E-state index in [-0.39, 0.29) is 231 Å². The maximum Gasteiger partial charge on any atom is 1.00 e. The van der Waals surface area contributed by atoms with Gasteiger partial charge < -0.3 is 64.5 Å². The molecule has 18 rings (SSSR count).